The van der Waals surface area contributed by atoms with Crippen LogP contribution in [-0.2, 0) is 29.4 Å². The van der Waals surface area contributed by atoms with Crippen LogP contribution >= 0.6 is 11.6 Å². The molecule has 252 valence electrons. The number of halogens is 1. The predicted octanol–water partition coefficient (Wildman–Crippen LogP) is 5.47. The summed E-state index contributed by atoms with van der Waals surface area (Å²) >= 11 is 6.36. The van der Waals surface area contributed by atoms with E-state index in [0.717, 1.165) is 4.90 Å². The highest BCUT2D eigenvalue weighted by atomic mass is 35.5. The molecular weight excluding hydrogens is 648 g/mol. The molecule has 0 radical (unpaired) electrons. The number of para-hydroxylation sites is 1. The average molecular weight is 683 g/mol. The van der Waals surface area contributed by atoms with Crippen LogP contribution in [0.3, 0.4) is 0 Å². The number of phenols is 1. The highest BCUT2D eigenvalue weighted by Gasteiger charge is 2.70. The van der Waals surface area contributed by atoms with E-state index in [1.54, 1.807) is 61.5 Å². The second-order valence-corrected chi connectivity index (χ2v) is 13.5. The second-order valence-electron chi connectivity index (χ2n) is 13.0. The maximum atomic E-state index is 15.3. The standard InChI is InChI=1S/C38H35ClN2O8/c1-2-49-29-14-7-13-26(33(29)44)32-24-16-17-25-31(36(47)40(34(25)45)18-8-15-30(42)43)27(24)20-28-35(46)41(23-12-6-11-22(39)19-23)37(48)38(28,32)21-9-4-3-5-10-21/h3-7,9-14,16,19,25,27-28,31-32,44H,2,8,15,17-18,20H2,1H3,(H,42,43). The Labute approximate surface area is 287 Å². The van der Waals surface area contributed by atoms with Crippen molar-refractivity contribution in [2.75, 3.05) is 18.1 Å². The van der Waals surface area contributed by atoms with Crippen molar-refractivity contribution in [1.82, 2.24) is 4.90 Å². The number of allylic oxidation sites excluding steroid dienone is 2. The van der Waals surface area contributed by atoms with Crippen LogP contribution in [-0.4, -0.2) is 57.9 Å². The van der Waals surface area contributed by atoms with E-state index in [1.165, 1.54) is 4.90 Å². The van der Waals surface area contributed by atoms with Crippen molar-refractivity contribution in [3.8, 4) is 11.5 Å². The lowest BCUT2D eigenvalue weighted by atomic mass is 9.49. The molecule has 7 rings (SSSR count). The fourth-order valence-electron chi connectivity index (χ4n) is 8.81. The number of carbonyl (C=O) groups excluding carboxylic acids is 4. The predicted molar refractivity (Wildman–Crippen MR) is 179 cm³/mol. The number of fused-ring (bicyclic) bond motifs is 4. The number of rotatable bonds is 9. The number of nitrogens with zero attached hydrogens (tertiary/aromatic N) is 2. The average Bonchev–Trinajstić information content (AvgIpc) is 3.47. The third-order valence-electron chi connectivity index (χ3n) is 10.7. The van der Waals surface area contributed by atoms with Crippen LogP contribution in [0.4, 0.5) is 5.69 Å². The van der Waals surface area contributed by atoms with Crippen molar-refractivity contribution in [2.24, 2.45) is 23.7 Å². The number of aromatic hydroxyl groups is 1. The van der Waals surface area contributed by atoms with Gasteiger partial charge in [0.25, 0.3) is 0 Å². The first-order valence-corrected chi connectivity index (χ1v) is 16.9. The maximum absolute atomic E-state index is 15.3. The summed E-state index contributed by atoms with van der Waals surface area (Å²) in [5, 5.41) is 21.3. The monoisotopic (exact) mass is 682 g/mol. The number of carboxylic acid groups (broad SMARTS) is 1. The Hall–Kier alpha value is -4.96. The molecule has 11 heteroatoms. The summed E-state index contributed by atoms with van der Waals surface area (Å²) in [5.74, 6) is -6.67. The Kier molecular flexibility index (Phi) is 8.30. The number of phenolic OH excluding ortho intramolecular Hbond substituents is 1. The minimum atomic E-state index is -1.54. The largest absolute Gasteiger partial charge is 0.504 e. The molecule has 2 saturated heterocycles. The topological polar surface area (TPSA) is 142 Å². The van der Waals surface area contributed by atoms with Gasteiger partial charge in [-0.25, -0.2) is 4.90 Å². The summed E-state index contributed by atoms with van der Waals surface area (Å²) in [6.07, 6.45) is 2.17. The normalized spacial score (nSPS) is 27.5. The summed E-state index contributed by atoms with van der Waals surface area (Å²) in [5.41, 5.74) is 0.432. The van der Waals surface area contributed by atoms with Gasteiger partial charge in [0.2, 0.25) is 23.6 Å². The zero-order chi connectivity index (χ0) is 34.6. The molecule has 6 atom stereocenters. The van der Waals surface area contributed by atoms with E-state index < -0.39 is 58.7 Å². The van der Waals surface area contributed by atoms with E-state index in [0.29, 0.717) is 27.4 Å². The number of carbonyl (C=O) groups is 5. The minimum absolute atomic E-state index is 0.0169. The van der Waals surface area contributed by atoms with Crippen LogP contribution in [0.25, 0.3) is 0 Å². The zero-order valence-corrected chi connectivity index (χ0v) is 27.5. The summed E-state index contributed by atoms with van der Waals surface area (Å²) in [6, 6.07) is 20.7. The molecule has 2 aliphatic heterocycles. The van der Waals surface area contributed by atoms with Gasteiger partial charge in [-0.15, -0.1) is 0 Å². The lowest BCUT2D eigenvalue weighted by Crippen LogP contribution is -2.53. The molecule has 4 aliphatic rings. The molecule has 4 amide bonds. The molecule has 1 saturated carbocycles. The summed E-state index contributed by atoms with van der Waals surface area (Å²) < 4.78 is 5.78. The number of amides is 4. The number of carboxylic acids is 1. The number of likely N-dealkylation sites (tertiary alicyclic amines) is 1. The van der Waals surface area contributed by atoms with Gasteiger partial charge < -0.3 is 14.9 Å². The summed E-state index contributed by atoms with van der Waals surface area (Å²) in [6.45, 7) is 2.05. The Morgan fingerprint density at radius 3 is 2.43 bits per heavy atom. The van der Waals surface area contributed by atoms with Crippen LogP contribution in [0.1, 0.15) is 49.7 Å². The van der Waals surface area contributed by atoms with E-state index in [1.807, 2.05) is 24.3 Å². The molecule has 0 spiro atoms. The van der Waals surface area contributed by atoms with Gasteiger partial charge in [-0.05, 0) is 61.9 Å². The first kappa shape index (κ1) is 32.6. The molecule has 3 aromatic carbocycles. The minimum Gasteiger partial charge on any atom is -0.504 e. The van der Waals surface area contributed by atoms with Crippen molar-refractivity contribution >= 4 is 46.9 Å². The Balaban J connectivity index is 1.45. The van der Waals surface area contributed by atoms with Crippen LogP contribution in [0.5, 0.6) is 11.5 Å². The number of ether oxygens (including phenoxy) is 1. The van der Waals surface area contributed by atoms with E-state index >= 15 is 4.79 Å². The molecule has 0 bridgehead atoms. The lowest BCUT2D eigenvalue weighted by Gasteiger charge is -2.50. The third kappa shape index (κ3) is 4.95. The SMILES string of the molecule is CCOc1cccc(C2C3=CCC4C(=O)N(CCCC(=O)O)C(=O)C4C3CC3C(=O)N(c4cccc(Cl)c4)C(=O)C32c2ccccc2)c1O. The number of imide groups is 2. The van der Waals surface area contributed by atoms with Crippen molar-refractivity contribution in [2.45, 2.75) is 43.9 Å². The van der Waals surface area contributed by atoms with Gasteiger partial charge >= 0.3 is 5.97 Å². The van der Waals surface area contributed by atoms with Crippen molar-refractivity contribution in [3.05, 3.63) is 101 Å². The van der Waals surface area contributed by atoms with Gasteiger partial charge in [0.15, 0.2) is 11.5 Å². The van der Waals surface area contributed by atoms with Gasteiger partial charge in [0, 0.05) is 29.5 Å². The fourth-order valence-corrected chi connectivity index (χ4v) is 8.99. The van der Waals surface area contributed by atoms with Crippen LogP contribution in [0.2, 0.25) is 5.02 Å². The highest BCUT2D eigenvalue weighted by molar-refractivity contribution is 6.32. The maximum Gasteiger partial charge on any atom is 0.303 e. The van der Waals surface area contributed by atoms with Gasteiger partial charge in [-0.2, -0.15) is 0 Å². The fraction of sp³-hybridized carbons (Fsp3) is 0.342. The molecule has 2 aliphatic carbocycles. The molecular formula is C38H35ClN2O8. The van der Waals surface area contributed by atoms with E-state index in [-0.39, 0.29) is 56.2 Å². The van der Waals surface area contributed by atoms with E-state index in [4.69, 9.17) is 21.4 Å². The second kappa shape index (κ2) is 12.5. The first-order valence-electron chi connectivity index (χ1n) is 16.5. The van der Waals surface area contributed by atoms with Gasteiger partial charge in [0.1, 0.15) is 0 Å². The van der Waals surface area contributed by atoms with E-state index in [9.17, 15) is 24.3 Å². The lowest BCUT2D eigenvalue weighted by molar-refractivity contribution is -0.142. The van der Waals surface area contributed by atoms with Gasteiger partial charge in [-0.1, -0.05) is 71.8 Å². The zero-order valence-electron chi connectivity index (χ0n) is 26.8. The molecule has 10 nitrogen and oxygen atoms in total. The number of anilines is 1. The third-order valence-corrected chi connectivity index (χ3v) is 10.9. The number of benzene rings is 3. The van der Waals surface area contributed by atoms with Crippen LogP contribution in [0, 0.1) is 23.7 Å². The quantitative estimate of drug-likeness (QED) is 0.224. The van der Waals surface area contributed by atoms with E-state index in [2.05, 4.69) is 0 Å². The van der Waals surface area contributed by atoms with Crippen molar-refractivity contribution in [3.63, 3.8) is 0 Å². The molecule has 6 unspecified atom stereocenters. The Morgan fingerprint density at radius 1 is 0.959 bits per heavy atom. The van der Waals surface area contributed by atoms with Crippen LogP contribution in [0.15, 0.2) is 84.4 Å². The number of aliphatic carboxylic acids is 1. The highest BCUT2D eigenvalue weighted by Crippen LogP contribution is 2.65. The molecule has 3 fully saturated rings. The smallest absolute Gasteiger partial charge is 0.303 e. The molecule has 49 heavy (non-hydrogen) atoms. The number of hydrogen-bond acceptors (Lipinski definition) is 7. The van der Waals surface area contributed by atoms with Crippen molar-refractivity contribution in [1.29, 1.82) is 0 Å². The van der Waals surface area contributed by atoms with Crippen LogP contribution < -0.4 is 9.64 Å². The van der Waals surface area contributed by atoms with Crippen molar-refractivity contribution < 1.29 is 38.9 Å². The molecule has 0 aromatic heterocycles. The first-order chi connectivity index (χ1) is 23.6. The summed E-state index contributed by atoms with van der Waals surface area (Å²) in [4.78, 5) is 71.4. The van der Waals surface area contributed by atoms with Gasteiger partial charge in [-0.3, -0.25) is 28.9 Å². The molecule has 2 heterocycles. The molecule has 3 aromatic rings. The summed E-state index contributed by atoms with van der Waals surface area (Å²) in [7, 11) is 0. The molecule has 2 N–H and O–H groups in total. The van der Waals surface area contributed by atoms with Gasteiger partial charge in [0.05, 0.1) is 35.5 Å². The Bertz CT molecular complexity index is 1910. The Morgan fingerprint density at radius 2 is 1.71 bits per heavy atom. The number of hydrogen-bond donors (Lipinski definition) is 2.